The number of carbonyl (C=O) groups excluding carboxylic acids is 3. The standard InChI is InChI=1S/C26H40N2O5/c1-5-16-28(18-23(29)32-19-21-14-10-7-11-15-21)24(30)22(17-20-12-8-6-9-13-20)27-25(31)33-26(2,3)4/h7,10-11,14-15,20,22H,5-6,8-9,12-13,16-19H2,1-4H3,(H,27,31). The number of rotatable bonds is 10. The van der Waals surface area contributed by atoms with E-state index in [1.807, 2.05) is 37.3 Å². The molecule has 1 saturated carbocycles. The van der Waals surface area contributed by atoms with Gasteiger partial charge in [0.25, 0.3) is 0 Å². The monoisotopic (exact) mass is 460 g/mol. The number of amides is 2. The van der Waals surface area contributed by atoms with Crippen molar-refractivity contribution < 1.29 is 23.9 Å². The maximum atomic E-state index is 13.5. The number of alkyl carbamates (subject to hydrolysis) is 1. The van der Waals surface area contributed by atoms with Crippen LogP contribution in [-0.4, -0.2) is 47.6 Å². The van der Waals surface area contributed by atoms with Crippen molar-refractivity contribution in [3.63, 3.8) is 0 Å². The molecule has 2 amide bonds. The van der Waals surface area contributed by atoms with E-state index in [0.29, 0.717) is 25.3 Å². The molecule has 1 aromatic carbocycles. The molecule has 0 saturated heterocycles. The molecule has 1 N–H and O–H groups in total. The number of benzene rings is 1. The zero-order valence-electron chi connectivity index (χ0n) is 20.6. The Morgan fingerprint density at radius 3 is 2.36 bits per heavy atom. The first-order valence-electron chi connectivity index (χ1n) is 12.2. The Bertz CT molecular complexity index is 754. The van der Waals surface area contributed by atoms with Gasteiger partial charge in [0.05, 0.1) is 0 Å². The number of carbonyl (C=O) groups is 3. The highest BCUT2D eigenvalue weighted by Crippen LogP contribution is 2.28. The van der Waals surface area contributed by atoms with Crippen molar-refractivity contribution in [1.82, 2.24) is 10.2 Å². The van der Waals surface area contributed by atoms with Gasteiger partial charge in [0, 0.05) is 6.54 Å². The van der Waals surface area contributed by atoms with Crippen LogP contribution < -0.4 is 5.32 Å². The molecule has 7 heteroatoms. The fourth-order valence-corrected chi connectivity index (χ4v) is 4.12. The van der Waals surface area contributed by atoms with Crippen LogP contribution in [0, 0.1) is 5.92 Å². The zero-order valence-corrected chi connectivity index (χ0v) is 20.6. The van der Waals surface area contributed by atoms with Crippen molar-refractivity contribution in [2.45, 2.75) is 90.9 Å². The lowest BCUT2D eigenvalue weighted by molar-refractivity contribution is -0.151. The molecule has 1 aliphatic rings. The highest BCUT2D eigenvalue weighted by atomic mass is 16.6. The minimum Gasteiger partial charge on any atom is -0.459 e. The predicted octanol–water partition coefficient (Wildman–Crippen LogP) is 4.83. The molecule has 0 spiro atoms. The molecule has 1 unspecified atom stereocenters. The minimum atomic E-state index is -0.726. The summed E-state index contributed by atoms with van der Waals surface area (Å²) in [7, 11) is 0. The van der Waals surface area contributed by atoms with Gasteiger partial charge in [-0.25, -0.2) is 4.79 Å². The normalized spacial score (nSPS) is 15.4. The smallest absolute Gasteiger partial charge is 0.408 e. The Labute approximate surface area is 198 Å². The van der Waals surface area contributed by atoms with Crippen molar-refractivity contribution in [3.05, 3.63) is 35.9 Å². The number of esters is 1. The van der Waals surface area contributed by atoms with E-state index in [4.69, 9.17) is 9.47 Å². The van der Waals surface area contributed by atoms with Gasteiger partial charge in [-0.05, 0) is 45.1 Å². The van der Waals surface area contributed by atoms with E-state index in [1.165, 1.54) is 11.3 Å². The Hall–Kier alpha value is -2.57. The molecular formula is C26H40N2O5. The Balaban J connectivity index is 2.05. The molecule has 2 rings (SSSR count). The van der Waals surface area contributed by atoms with Gasteiger partial charge >= 0.3 is 12.1 Å². The van der Waals surface area contributed by atoms with Gasteiger partial charge in [-0.1, -0.05) is 69.4 Å². The zero-order chi connectivity index (χ0) is 24.3. The lowest BCUT2D eigenvalue weighted by Gasteiger charge is -2.31. The first kappa shape index (κ1) is 26.7. The van der Waals surface area contributed by atoms with E-state index in [9.17, 15) is 14.4 Å². The lowest BCUT2D eigenvalue weighted by atomic mass is 9.84. The molecule has 7 nitrogen and oxygen atoms in total. The topological polar surface area (TPSA) is 84.9 Å². The molecule has 1 atom stereocenters. The lowest BCUT2D eigenvalue weighted by Crippen LogP contribution is -2.52. The molecule has 0 aromatic heterocycles. The third-order valence-corrected chi connectivity index (χ3v) is 5.65. The molecule has 1 fully saturated rings. The minimum absolute atomic E-state index is 0.142. The third-order valence-electron chi connectivity index (χ3n) is 5.65. The summed E-state index contributed by atoms with van der Waals surface area (Å²) in [5.41, 5.74) is 0.230. The van der Waals surface area contributed by atoms with Crippen LogP contribution in [0.4, 0.5) is 4.79 Å². The summed E-state index contributed by atoms with van der Waals surface area (Å²) < 4.78 is 10.8. The summed E-state index contributed by atoms with van der Waals surface area (Å²) >= 11 is 0. The van der Waals surface area contributed by atoms with Crippen molar-refractivity contribution in [2.75, 3.05) is 13.1 Å². The summed E-state index contributed by atoms with van der Waals surface area (Å²) in [6, 6.07) is 8.71. The molecule has 1 aliphatic carbocycles. The van der Waals surface area contributed by atoms with Gasteiger partial charge in [0.2, 0.25) is 5.91 Å². The number of hydrogen-bond donors (Lipinski definition) is 1. The molecule has 1 aromatic rings. The highest BCUT2D eigenvalue weighted by molar-refractivity contribution is 5.88. The molecular weight excluding hydrogens is 420 g/mol. The van der Waals surface area contributed by atoms with Crippen molar-refractivity contribution in [2.24, 2.45) is 5.92 Å². The molecule has 0 heterocycles. The second kappa shape index (κ2) is 13.2. The van der Waals surface area contributed by atoms with Crippen molar-refractivity contribution >= 4 is 18.0 Å². The maximum absolute atomic E-state index is 13.5. The summed E-state index contributed by atoms with van der Waals surface area (Å²) in [6.45, 7) is 7.75. The van der Waals surface area contributed by atoms with Gasteiger partial charge in [-0.2, -0.15) is 0 Å². The van der Waals surface area contributed by atoms with E-state index < -0.39 is 23.7 Å². The number of ether oxygens (including phenoxy) is 2. The quantitative estimate of drug-likeness (QED) is 0.506. The predicted molar refractivity (Wildman–Crippen MR) is 127 cm³/mol. The summed E-state index contributed by atoms with van der Waals surface area (Å²) in [6.07, 6.45) is 6.23. The van der Waals surface area contributed by atoms with E-state index in [0.717, 1.165) is 31.2 Å². The molecule has 184 valence electrons. The highest BCUT2D eigenvalue weighted by Gasteiger charge is 2.31. The summed E-state index contributed by atoms with van der Waals surface area (Å²) in [5, 5.41) is 2.79. The largest absolute Gasteiger partial charge is 0.459 e. The van der Waals surface area contributed by atoms with Gasteiger partial charge < -0.3 is 19.7 Å². The molecule has 0 aliphatic heterocycles. The third kappa shape index (κ3) is 10.3. The summed E-state index contributed by atoms with van der Waals surface area (Å²) in [4.78, 5) is 39.9. The fraction of sp³-hybridized carbons (Fsp3) is 0.654. The molecule has 33 heavy (non-hydrogen) atoms. The van der Waals surface area contributed by atoms with Crippen LogP contribution in [0.3, 0.4) is 0 Å². The Kier molecular flexibility index (Phi) is 10.7. The fourth-order valence-electron chi connectivity index (χ4n) is 4.12. The number of nitrogens with zero attached hydrogens (tertiary/aromatic N) is 1. The Morgan fingerprint density at radius 2 is 1.76 bits per heavy atom. The van der Waals surface area contributed by atoms with E-state index in [1.54, 1.807) is 20.8 Å². The van der Waals surface area contributed by atoms with Crippen LogP contribution in [-0.2, 0) is 25.7 Å². The van der Waals surface area contributed by atoms with Crippen molar-refractivity contribution in [1.29, 1.82) is 0 Å². The van der Waals surface area contributed by atoms with E-state index >= 15 is 0 Å². The first-order chi connectivity index (χ1) is 15.7. The van der Waals surface area contributed by atoms with Crippen LogP contribution in [0.1, 0.15) is 78.2 Å². The second-order valence-corrected chi connectivity index (χ2v) is 9.84. The van der Waals surface area contributed by atoms with Crippen molar-refractivity contribution in [3.8, 4) is 0 Å². The molecule has 0 radical (unpaired) electrons. The first-order valence-corrected chi connectivity index (χ1v) is 12.2. The molecule has 0 bridgehead atoms. The van der Waals surface area contributed by atoms with Crippen LogP contribution in [0.25, 0.3) is 0 Å². The van der Waals surface area contributed by atoms with Crippen LogP contribution in [0.15, 0.2) is 30.3 Å². The number of hydrogen-bond acceptors (Lipinski definition) is 5. The SMILES string of the molecule is CCCN(CC(=O)OCc1ccccc1)C(=O)C(CC1CCCCC1)NC(=O)OC(C)(C)C. The van der Waals surface area contributed by atoms with Crippen LogP contribution in [0.5, 0.6) is 0 Å². The van der Waals surface area contributed by atoms with Gasteiger partial charge in [-0.3, -0.25) is 9.59 Å². The van der Waals surface area contributed by atoms with Gasteiger partial charge in [-0.15, -0.1) is 0 Å². The average molecular weight is 461 g/mol. The average Bonchev–Trinajstić information content (AvgIpc) is 2.76. The van der Waals surface area contributed by atoms with E-state index in [-0.39, 0.29) is 19.1 Å². The Morgan fingerprint density at radius 1 is 1.09 bits per heavy atom. The maximum Gasteiger partial charge on any atom is 0.408 e. The number of nitrogens with one attached hydrogen (secondary N) is 1. The van der Waals surface area contributed by atoms with E-state index in [2.05, 4.69) is 5.32 Å². The second-order valence-electron chi connectivity index (χ2n) is 9.84. The van der Waals surface area contributed by atoms with Crippen LogP contribution >= 0.6 is 0 Å². The van der Waals surface area contributed by atoms with Gasteiger partial charge in [0.1, 0.15) is 24.8 Å². The van der Waals surface area contributed by atoms with Gasteiger partial charge in [0.15, 0.2) is 0 Å². The van der Waals surface area contributed by atoms with Crippen LogP contribution in [0.2, 0.25) is 0 Å². The summed E-state index contributed by atoms with van der Waals surface area (Å²) in [5.74, 6) is -0.351.